The highest BCUT2D eigenvalue weighted by Crippen LogP contribution is 2.29. The van der Waals surface area contributed by atoms with E-state index in [0.29, 0.717) is 6.54 Å². The molecular weight excluding hydrogens is 234 g/mol. The van der Waals surface area contributed by atoms with Crippen LogP contribution in [0.3, 0.4) is 0 Å². The van der Waals surface area contributed by atoms with E-state index in [0.717, 1.165) is 30.7 Å². The van der Waals surface area contributed by atoms with E-state index in [1.54, 1.807) is 0 Å². The van der Waals surface area contributed by atoms with Gasteiger partial charge in [0.25, 0.3) is 0 Å². The third-order valence-electron chi connectivity index (χ3n) is 3.64. The molecule has 0 heterocycles. The number of nitrogens with one attached hydrogen (secondary N) is 1. The summed E-state index contributed by atoms with van der Waals surface area (Å²) in [4.78, 5) is 0. The third-order valence-corrected chi connectivity index (χ3v) is 3.89. The number of benzene rings is 1. The van der Waals surface area contributed by atoms with Crippen molar-refractivity contribution in [3.8, 4) is 0 Å². The topological polar surface area (TPSA) is 32.3 Å². The summed E-state index contributed by atoms with van der Waals surface area (Å²) in [6, 6.07) is 8.10. The molecule has 0 spiro atoms. The third kappa shape index (κ3) is 3.44. The van der Waals surface area contributed by atoms with Crippen LogP contribution in [0.25, 0.3) is 0 Å². The van der Waals surface area contributed by atoms with E-state index in [-0.39, 0.29) is 6.04 Å². The van der Waals surface area contributed by atoms with Gasteiger partial charge in [0.05, 0.1) is 5.60 Å². The maximum Gasteiger partial charge on any atom is 0.0771 e. The van der Waals surface area contributed by atoms with E-state index in [4.69, 9.17) is 11.6 Å². The van der Waals surface area contributed by atoms with E-state index in [1.807, 2.05) is 24.3 Å². The van der Waals surface area contributed by atoms with Crippen molar-refractivity contribution in [2.24, 2.45) is 0 Å². The summed E-state index contributed by atoms with van der Waals surface area (Å²) in [6.45, 7) is 2.79. The van der Waals surface area contributed by atoms with Crippen molar-refractivity contribution in [1.29, 1.82) is 0 Å². The van der Waals surface area contributed by atoms with Gasteiger partial charge in [-0.2, -0.15) is 0 Å². The van der Waals surface area contributed by atoms with Gasteiger partial charge in [-0.15, -0.1) is 0 Å². The summed E-state index contributed by atoms with van der Waals surface area (Å²) in [5, 5.41) is 14.4. The first-order valence-electron chi connectivity index (χ1n) is 6.30. The number of rotatable bonds is 4. The number of halogens is 1. The maximum atomic E-state index is 10.2. The predicted octanol–water partition coefficient (Wildman–Crippen LogP) is 3.30. The van der Waals surface area contributed by atoms with Crippen LogP contribution in [-0.2, 0) is 0 Å². The van der Waals surface area contributed by atoms with Crippen molar-refractivity contribution in [3.05, 3.63) is 34.9 Å². The van der Waals surface area contributed by atoms with Gasteiger partial charge in [0.2, 0.25) is 0 Å². The van der Waals surface area contributed by atoms with Gasteiger partial charge < -0.3 is 10.4 Å². The van der Waals surface area contributed by atoms with Crippen LogP contribution in [-0.4, -0.2) is 17.3 Å². The Morgan fingerprint density at radius 2 is 1.88 bits per heavy atom. The molecule has 0 saturated heterocycles. The Kier molecular flexibility index (Phi) is 4.08. The zero-order valence-corrected chi connectivity index (χ0v) is 11.0. The fourth-order valence-electron chi connectivity index (χ4n) is 2.42. The Balaban J connectivity index is 1.88. The van der Waals surface area contributed by atoms with Crippen LogP contribution in [0.1, 0.15) is 44.2 Å². The highest BCUT2D eigenvalue weighted by molar-refractivity contribution is 6.30. The van der Waals surface area contributed by atoms with Crippen molar-refractivity contribution in [2.75, 3.05) is 6.54 Å². The van der Waals surface area contributed by atoms with Crippen molar-refractivity contribution >= 4 is 11.6 Å². The summed E-state index contributed by atoms with van der Waals surface area (Å²) in [6.07, 6.45) is 4.14. The molecule has 1 aliphatic rings. The van der Waals surface area contributed by atoms with Crippen molar-refractivity contribution < 1.29 is 5.11 Å². The minimum absolute atomic E-state index is 0.247. The monoisotopic (exact) mass is 253 g/mol. The van der Waals surface area contributed by atoms with E-state index in [1.165, 1.54) is 5.56 Å². The van der Waals surface area contributed by atoms with Crippen LogP contribution in [0.5, 0.6) is 0 Å². The van der Waals surface area contributed by atoms with Gasteiger partial charge in [0.1, 0.15) is 0 Å². The molecule has 1 unspecified atom stereocenters. The fourth-order valence-corrected chi connectivity index (χ4v) is 2.55. The molecule has 0 amide bonds. The molecule has 1 atom stereocenters. The molecule has 2 rings (SSSR count). The average molecular weight is 254 g/mol. The predicted molar refractivity (Wildman–Crippen MR) is 71.3 cm³/mol. The van der Waals surface area contributed by atoms with Gasteiger partial charge >= 0.3 is 0 Å². The normalized spacial score (nSPS) is 20.4. The molecule has 2 nitrogen and oxygen atoms in total. The lowest BCUT2D eigenvalue weighted by atomic mass is 10.0. The first kappa shape index (κ1) is 12.9. The number of hydrogen-bond donors (Lipinski definition) is 2. The Labute approximate surface area is 108 Å². The van der Waals surface area contributed by atoms with Crippen molar-refractivity contribution in [3.63, 3.8) is 0 Å². The van der Waals surface area contributed by atoms with Gasteiger partial charge in [-0.3, -0.25) is 0 Å². The Morgan fingerprint density at radius 1 is 1.29 bits per heavy atom. The van der Waals surface area contributed by atoms with Crippen molar-refractivity contribution in [1.82, 2.24) is 5.32 Å². The second kappa shape index (κ2) is 5.38. The minimum Gasteiger partial charge on any atom is -0.389 e. The molecule has 94 valence electrons. The molecule has 0 aliphatic heterocycles. The number of aliphatic hydroxyl groups is 1. The molecule has 3 heteroatoms. The highest BCUT2D eigenvalue weighted by atomic mass is 35.5. The molecule has 2 N–H and O–H groups in total. The van der Waals surface area contributed by atoms with Gasteiger partial charge in [0, 0.05) is 17.6 Å². The number of hydrogen-bond acceptors (Lipinski definition) is 2. The van der Waals surface area contributed by atoms with Crippen LogP contribution in [0, 0.1) is 0 Å². The van der Waals surface area contributed by atoms with E-state index < -0.39 is 5.60 Å². The van der Waals surface area contributed by atoms with E-state index >= 15 is 0 Å². The lowest BCUT2D eigenvalue weighted by Gasteiger charge is -2.25. The molecule has 0 bridgehead atoms. The quantitative estimate of drug-likeness (QED) is 0.863. The van der Waals surface area contributed by atoms with Crippen LogP contribution < -0.4 is 5.32 Å². The molecule has 0 radical (unpaired) electrons. The molecule has 1 fully saturated rings. The lowest BCUT2D eigenvalue weighted by Crippen LogP contribution is -2.39. The molecule has 1 aromatic rings. The van der Waals surface area contributed by atoms with E-state index in [2.05, 4.69) is 12.2 Å². The maximum absolute atomic E-state index is 10.2. The summed E-state index contributed by atoms with van der Waals surface area (Å²) in [5.74, 6) is 0. The lowest BCUT2D eigenvalue weighted by molar-refractivity contribution is 0.0453. The summed E-state index contributed by atoms with van der Waals surface area (Å²) < 4.78 is 0. The molecule has 0 aromatic heterocycles. The Bertz CT molecular complexity index is 357. The molecule has 1 aromatic carbocycles. The zero-order chi connectivity index (χ0) is 12.3. The first-order valence-corrected chi connectivity index (χ1v) is 6.68. The second-order valence-electron chi connectivity index (χ2n) is 5.09. The molecule has 1 saturated carbocycles. The highest BCUT2D eigenvalue weighted by Gasteiger charge is 2.30. The minimum atomic E-state index is -0.485. The van der Waals surface area contributed by atoms with Crippen LogP contribution in [0.15, 0.2) is 24.3 Å². The average Bonchev–Trinajstić information content (AvgIpc) is 2.75. The smallest absolute Gasteiger partial charge is 0.0771 e. The Hall–Kier alpha value is -0.570. The summed E-state index contributed by atoms with van der Waals surface area (Å²) in [7, 11) is 0. The van der Waals surface area contributed by atoms with Crippen LogP contribution in [0.2, 0.25) is 5.02 Å². The van der Waals surface area contributed by atoms with Crippen LogP contribution in [0.4, 0.5) is 0 Å². The molecule has 1 aliphatic carbocycles. The van der Waals surface area contributed by atoms with E-state index in [9.17, 15) is 5.11 Å². The Morgan fingerprint density at radius 3 is 2.47 bits per heavy atom. The van der Waals surface area contributed by atoms with Crippen LogP contribution >= 0.6 is 11.6 Å². The fraction of sp³-hybridized carbons (Fsp3) is 0.571. The standard InChI is InChI=1S/C14H20ClNO/c1-11(12-4-6-13(15)7-5-12)16-10-14(17)8-2-3-9-14/h4-7,11,16-17H,2-3,8-10H2,1H3. The van der Waals surface area contributed by atoms with Gasteiger partial charge in [-0.1, -0.05) is 36.6 Å². The van der Waals surface area contributed by atoms with Gasteiger partial charge in [-0.25, -0.2) is 0 Å². The van der Waals surface area contributed by atoms with Gasteiger partial charge in [-0.05, 0) is 37.5 Å². The van der Waals surface area contributed by atoms with Crippen molar-refractivity contribution in [2.45, 2.75) is 44.2 Å². The summed E-state index contributed by atoms with van der Waals surface area (Å²) in [5.41, 5.74) is 0.719. The largest absolute Gasteiger partial charge is 0.389 e. The summed E-state index contributed by atoms with van der Waals surface area (Å²) >= 11 is 5.86. The van der Waals surface area contributed by atoms with Gasteiger partial charge in [0.15, 0.2) is 0 Å². The second-order valence-corrected chi connectivity index (χ2v) is 5.52. The molecule has 17 heavy (non-hydrogen) atoms. The first-order chi connectivity index (χ1) is 8.09. The zero-order valence-electron chi connectivity index (χ0n) is 10.2. The molecular formula is C14H20ClNO. The SMILES string of the molecule is CC(NCC1(O)CCCC1)c1ccc(Cl)cc1.